The highest BCUT2D eigenvalue weighted by atomic mass is 16.5. The number of hydrogen-bond acceptors (Lipinski definition) is 4. The van der Waals surface area contributed by atoms with Crippen LogP contribution in [0.3, 0.4) is 0 Å². The maximum Gasteiger partial charge on any atom is 0.325 e. The van der Waals surface area contributed by atoms with Gasteiger partial charge in [0.15, 0.2) is 0 Å². The van der Waals surface area contributed by atoms with Crippen LogP contribution in [0.25, 0.3) is 0 Å². The summed E-state index contributed by atoms with van der Waals surface area (Å²) in [5, 5.41) is 9.93. The van der Waals surface area contributed by atoms with Gasteiger partial charge in [-0.1, -0.05) is 0 Å². The second kappa shape index (κ2) is 4.23. The van der Waals surface area contributed by atoms with Gasteiger partial charge in [-0.15, -0.1) is 0 Å². The summed E-state index contributed by atoms with van der Waals surface area (Å²) >= 11 is 0. The molecule has 0 amide bonds. The van der Waals surface area contributed by atoms with E-state index in [1.807, 2.05) is 0 Å². The standard InChI is InChI=1S/C10H14N2O4/c1-16-7-3-2-5(8(7)13)6-4-11-10(15)12-9(6)14/h4-5,7-8,13H,2-3H2,1H3,(H2,11,12,14,15). The Bertz CT molecular complexity index is 478. The van der Waals surface area contributed by atoms with Gasteiger partial charge in [0.1, 0.15) is 0 Å². The Balaban J connectivity index is 2.32. The van der Waals surface area contributed by atoms with Crippen LogP contribution in [0.4, 0.5) is 0 Å². The molecule has 3 unspecified atom stereocenters. The third-order valence-corrected chi connectivity index (χ3v) is 3.11. The van der Waals surface area contributed by atoms with Gasteiger partial charge < -0.3 is 14.8 Å². The molecule has 0 spiro atoms. The predicted molar refractivity (Wildman–Crippen MR) is 56.5 cm³/mol. The molecule has 0 radical (unpaired) electrons. The molecule has 88 valence electrons. The smallest absolute Gasteiger partial charge is 0.325 e. The summed E-state index contributed by atoms with van der Waals surface area (Å²) in [5.41, 5.74) is -0.569. The quantitative estimate of drug-likeness (QED) is 0.622. The summed E-state index contributed by atoms with van der Waals surface area (Å²) in [6, 6.07) is 0. The zero-order valence-corrected chi connectivity index (χ0v) is 8.90. The molecule has 3 atom stereocenters. The zero-order valence-electron chi connectivity index (χ0n) is 8.90. The SMILES string of the molecule is COC1CCC(c2c[nH]c(=O)[nH]c2=O)C1O. The number of aliphatic hydroxyl groups is 1. The fourth-order valence-electron chi connectivity index (χ4n) is 2.24. The Hall–Kier alpha value is -1.40. The van der Waals surface area contributed by atoms with E-state index in [1.165, 1.54) is 13.3 Å². The highest BCUT2D eigenvalue weighted by molar-refractivity contribution is 5.16. The molecule has 0 aromatic carbocycles. The van der Waals surface area contributed by atoms with Gasteiger partial charge in [-0.05, 0) is 12.8 Å². The first-order valence-electron chi connectivity index (χ1n) is 5.16. The fourth-order valence-corrected chi connectivity index (χ4v) is 2.24. The molecular formula is C10H14N2O4. The number of aromatic nitrogens is 2. The molecule has 1 fully saturated rings. The van der Waals surface area contributed by atoms with Crippen molar-refractivity contribution in [3.05, 3.63) is 32.6 Å². The van der Waals surface area contributed by atoms with Crippen molar-refractivity contribution in [1.82, 2.24) is 9.97 Å². The Labute approximate surface area is 91.3 Å². The molecule has 0 aliphatic heterocycles. The monoisotopic (exact) mass is 226 g/mol. The van der Waals surface area contributed by atoms with E-state index in [-0.39, 0.29) is 12.0 Å². The number of ether oxygens (including phenoxy) is 1. The van der Waals surface area contributed by atoms with E-state index >= 15 is 0 Å². The van der Waals surface area contributed by atoms with Crippen molar-refractivity contribution < 1.29 is 9.84 Å². The third kappa shape index (κ3) is 1.81. The van der Waals surface area contributed by atoms with Gasteiger partial charge in [0, 0.05) is 24.8 Å². The molecule has 1 saturated carbocycles. The molecule has 3 N–H and O–H groups in total. The zero-order chi connectivity index (χ0) is 11.7. The lowest BCUT2D eigenvalue weighted by molar-refractivity contribution is 0.00317. The number of nitrogens with one attached hydrogen (secondary N) is 2. The maximum atomic E-state index is 11.5. The topological polar surface area (TPSA) is 95.2 Å². The minimum atomic E-state index is -0.697. The first-order valence-corrected chi connectivity index (χ1v) is 5.16. The van der Waals surface area contributed by atoms with Crippen LogP contribution in [-0.2, 0) is 4.74 Å². The Morgan fingerprint density at radius 3 is 2.75 bits per heavy atom. The summed E-state index contributed by atoms with van der Waals surface area (Å²) in [6.07, 6.45) is 1.82. The summed E-state index contributed by atoms with van der Waals surface area (Å²) in [5.74, 6) is -0.273. The number of aromatic amines is 2. The Morgan fingerprint density at radius 1 is 1.44 bits per heavy atom. The minimum Gasteiger partial charge on any atom is -0.390 e. The lowest BCUT2D eigenvalue weighted by atomic mass is 9.98. The van der Waals surface area contributed by atoms with E-state index in [9.17, 15) is 14.7 Å². The Morgan fingerprint density at radius 2 is 2.19 bits per heavy atom. The van der Waals surface area contributed by atoms with E-state index in [0.717, 1.165) is 0 Å². The number of rotatable bonds is 2. The van der Waals surface area contributed by atoms with E-state index in [0.29, 0.717) is 18.4 Å². The molecule has 0 bridgehead atoms. The van der Waals surface area contributed by atoms with Crippen LogP contribution in [0, 0.1) is 0 Å². The van der Waals surface area contributed by atoms with Crippen molar-refractivity contribution in [3.8, 4) is 0 Å². The maximum absolute atomic E-state index is 11.5. The average molecular weight is 226 g/mol. The molecule has 1 aromatic rings. The number of hydrogen-bond donors (Lipinski definition) is 3. The van der Waals surface area contributed by atoms with Crippen molar-refractivity contribution in [3.63, 3.8) is 0 Å². The highest BCUT2D eigenvalue weighted by Gasteiger charge is 2.37. The molecule has 1 aliphatic carbocycles. The summed E-state index contributed by atoms with van der Waals surface area (Å²) in [6.45, 7) is 0. The first kappa shape index (κ1) is 11.1. The Kier molecular flexibility index (Phi) is 2.93. The molecule has 16 heavy (non-hydrogen) atoms. The van der Waals surface area contributed by atoms with Crippen molar-refractivity contribution >= 4 is 0 Å². The van der Waals surface area contributed by atoms with Crippen molar-refractivity contribution in [2.45, 2.75) is 31.0 Å². The normalized spacial score (nSPS) is 29.5. The number of methoxy groups -OCH3 is 1. The molecule has 6 heteroatoms. The number of aliphatic hydroxyl groups excluding tert-OH is 1. The van der Waals surface area contributed by atoms with Crippen LogP contribution in [0.2, 0.25) is 0 Å². The number of H-pyrrole nitrogens is 2. The molecular weight excluding hydrogens is 212 g/mol. The van der Waals surface area contributed by atoms with Gasteiger partial charge in [-0.2, -0.15) is 0 Å². The summed E-state index contributed by atoms with van der Waals surface area (Å²) in [7, 11) is 1.54. The van der Waals surface area contributed by atoms with Crippen molar-refractivity contribution in [2.24, 2.45) is 0 Å². The second-order valence-electron chi connectivity index (χ2n) is 3.98. The lowest BCUT2D eigenvalue weighted by Gasteiger charge is -2.17. The van der Waals surface area contributed by atoms with Crippen LogP contribution in [0.15, 0.2) is 15.8 Å². The van der Waals surface area contributed by atoms with Gasteiger partial charge in [0.05, 0.1) is 12.2 Å². The van der Waals surface area contributed by atoms with E-state index in [2.05, 4.69) is 9.97 Å². The second-order valence-corrected chi connectivity index (χ2v) is 3.98. The van der Waals surface area contributed by atoms with E-state index < -0.39 is 17.4 Å². The van der Waals surface area contributed by atoms with Crippen LogP contribution in [0.5, 0.6) is 0 Å². The highest BCUT2D eigenvalue weighted by Crippen LogP contribution is 2.34. The predicted octanol–water partition coefficient (Wildman–Crippen LogP) is -0.684. The van der Waals surface area contributed by atoms with Gasteiger partial charge in [-0.25, -0.2) is 4.79 Å². The average Bonchev–Trinajstić information content (AvgIpc) is 2.60. The lowest BCUT2D eigenvalue weighted by Crippen LogP contribution is -2.31. The van der Waals surface area contributed by atoms with E-state index in [4.69, 9.17) is 4.74 Å². The molecule has 1 aromatic heterocycles. The van der Waals surface area contributed by atoms with Crippen LogP contribution in [-0.4, -0.2) is 34.4 Å². The molecule has 6 nitrogen and oxygen atoms in total. The summed E-state index contributed by atoms with van der Waals surface area (Å²) < 4.78 is 5.10. The molecule has 1 aliphatic rings. The minimum absolute atomic E-state index is 0.240. The third-order valence-electron chi connectivity index (χ3n) is 3.11. The van der Waals surface area contributed by atoms with Crippen molar-refractivity contribution in [2.75, 3.05) is 7.11 Å². The van der Waals surface area contributed by atoms with Crippen LogP contribution in [0.1, 0.15) is 24.3 Å². The van der Waals surface area contributed by atoms with Gasteiger partial charge >= 0.3 is 5.69 Å². The first-order chi connectivity index (χ1) is 7.63. The fraction of sp³-hybridized carbons (Fsp3) is 0.600. The van der Waals surface area contributed by atoms with Crippen LogP contribution < -0.4 is 11.2 Å². The van der Waals surface area contributed by atoms with Gasteiger partial charge in [0.25, 0.3) is 5.56 Å². The summed E-state index contributed by atoms with van der Waals surface area (Å²) in [4.78, 5) is 27.0. The van der Waals surface area contributed by atoms with Gasteiger partial charge in [-0.3, -0.25) is 9.78 Å². The molecule has 2 rings (SSSR count). The largest absolute Gasteiger partial charge is 0.390 e. The van der Waals surface area contributed by atoms with Gasteiger partial charge in [0.2, 0.25) is 0 Å². The van der Waals surface area contributed by atoms with E-state index in [1.54, 1.807) is 0 Å². The molecule has 0 saturated heterocycles. The van der Waals surface area contributed by atoms with Crippen LogP contribution >= 0.6 is 0 Å². The molecule has 1 heterocycles. The van der Waals surface area contributed by atoms with Crippen molar-refractivity contribution in [1.29, 1.82) is 0 Å².